The van der Waals surface area contributed by atoms with Gasteiger partial charge in [-0.15, -0.1) is 0 Å². The van der Waals surface area contributed by atoms with Gasteiger partial charge in [0.2, 0.25) is 17.8 Å². The normalized spacial score (nSPS) is 21.3. The molecule has 0 aliphatic carbocycles. The van der Waals surface area contributed by atoms with Crippen molar-refractivity contribution in [1.29, 1.82) is 0 Å². The van der Waals surface area contributed by atoms with E-state index in [4.69, 9.17) is 4.74 Å². The molecule has 1 unspecified atom stereocenters. The molecule has 7 nitrogen and oxygen atoms in total. The fraction of sp³-hybridized carbons (Fsp3) is 0.786. The van der Waals surface area contributed by atoms with Crippen LogP contribution in [-0.2, 0) is 4.74 Å². The van der Waals surface area contributed by atoms with Gasteiger partial charge in [0.05, 0.1) is 12.1 Å². The number of hydrogen-bond acceptors (Lipinski definition) is 7. The summed E-state index contributed by atoms with van der Waals surface area (Å²) in [4.78, 5) is 15.6. The standard InChI is InChI=1S/C14H26N6O/c1-5-15-11-16-12(19-14(4)8-9-21-10-14)18-13(17-11)20(6-2)7-3/h5-10H2,1-4H3,(H2,15,16,17,18,19). The number of ether oxygens (including phenoxy) is 1. The Labute approximate surface area is 126 Å². The molecule has 1 aliphatic heterocycles. The van der Waals surface area contributed by atoms with Crippen LogP contribution in [0.15, 0.2) is 0 Å². The van der Waals surface area contributed by atoms with Gasteiger partial charge >= 0.3 is 0 Å². The van der Waals surface area contributed by atoms with Crippen LogP contribution in [0.4, 0.5) is 17.8 Å². The second-order valence-corrected chi connectivity index (χ2v) is 5.47. The van der Waals surface area contributed by atoms with E-state index < -0.39 is 0 Å². The number of aromatic nitrogens is 3. The number of anilines is 3. The Morgan fingerprint density at radius 1 is 1.14 bits per heavy atom. The Morgan fingerprint density at radius 2 is 1.86 bits per heavy atom. The van der Waals surface area contributed by atoms with Gasteiger partial charge in [-0.3, -0.25) is 0 Å². The minimum Gasteiger partial charge on any atom is -0.379 e. The molecule has 1 fully saturated rings. The third-order valence-electron chi connectivity index (χ3n) is 3.64. The molecule has 118 valence electrons. The number of nitrogens with one attached hydrogen (secondary N) is 2. The average molecular weight is 294 g/mol. The van der Waals surface area contributed by atoms with Gasteiger partial charge in [0.25, 0.3) is 0 Å². The molecule has 0 bridgehead atoms. The summed E-state index contributed by atoms with van der Waals surface area (Å²) < 4.78 is 5.47. The van der Waals surface area contributed by atoms with Crippen molar-refractivity contribution in [3.05, 3.63) is 0 Å². The summed E-state index contributed by atoms with van der Waals surface area (Å²) in [6.07, 6.45) is 0.954. The molecule has 0 radical (unpaired) electrons. The van der Waals surface area contributed by atoms with Crippen molar-refractivity contribution in [2.45, 2.75) is 39.7 Å². The van der Waals surface area contributed by atoms with Gasteiger partial charge in [0.15, 0.2) is 0 Å². The molecule has 0 aromatic carbocycles. The summed E-state index contributed by atoms with van der Waals surface area (Å²) in [5.74, 6) is 1.92. The molecule has 2 heterocycles. The minimum absolute atomic E-state index is 0.106. The van der Waals surface area contributed by atoms with E-state index in [1.165, 1.54) is 0 Å². The first-order chi connectivity index (χ1) is 10.1. The fourth-order valence-corrected chi connectivity index (χ4v) is 2.34. The second-order valence-electron chi connectivity index (χ2n) is 5.47. The SMILES string of the molecule is CCNc1nc(NC2(C)CCOC2)nc(N(CC)CC)n1. The maximum absolute atomic E-state index is 5.47. The monoisotopic (exact) mass is 294 g/mol. The maximum Gasteiger partial charge on any atom is 0.231 e. The molecular formula is C14H26N6O. The smallest absolute Gasteiger partial charge is 0.231 e. The van der Waals surface area contributed by atoms with E-state index in [-0.39, 0.29) is 5.54 Å². The molecule has 0 spiro atoms. The van der Waals surface area contributed by atoms with E-state index in [1.807, 2.05) is 6.92 Å². The van der Waals surface area contributed by atoms with Crippen molar-refractivity contribution >= 4 is 17.8 Å². The molecule has 1 aliphatic rings. The average Bonchev–Trinajstić information content (AvgIpc) is 2.86. The molecule has 0 amide bonds. The maximum atomic E-state index is 5.47. The van der Waals surface area contributed by atoms with Gasteiger partial charge in [-0.2, -0.15) is 15.0 Å². The van der Waals surface area contributed by atoms with Gasteiger partial charge in [-0.05, 0) is 34.1 Å². The third kappa shape index (κ3) is 3.93. The van der Waals surface area contributed by atoms with Crippen LogP contribution < -0.4 is 15.5 Å². The summed E-state index contributed by atoms with van der Waals surface area (Å²) in [5, 5.41) is 6.57. The van der Waals surface area contributed by atoms with Crippen LogP contribution in [0.5, 0.6) is 0 Å². The zero-order valence-corrected chi connectivity index (χ0v) is 13.4. The quantitative estimate of drug-likeness (QED) is 0.793. The number of hydrogen-bond donors (Lipinski definition) is 2. The molecule has 0 saturated carbocycles. The Bertz CT molecular complexity index is 457. The van der Waals surface area contributed by atoms with Crippen molar-refractivity contribution in [1.82, 2.24) is 15.0 Å². The lowest BCUT2D eigenvalue weighted by atomic mass is 10.0. The number of nitrogens with zero attached hydrogens (tertiary/aromatic N) is 4. The summed E-state index contributed by atoms with van der Waals surface area (Å²) in [6.45, 7) is 12.3. The third-order valence-corrected chi connectivity index (χ3v) is 3.64. The van der Waals surface area contributed by atoms with E-state index in [0.717, 1.165) is 32.7 Å². The molecule has 7 heteroatoms. The highest BCUT2D eigenvalue weighted by Crippen LogP contribution is 2.23. The van der Waals surface area contributed by atoms with Crippen LogP contribution in [-0.4, -0.2) is 53.3 Å². The zero-order chi connectivity index (χ0) is 15.3. The zero-order valence-electron chi connectivity index (χ0n) is 13.4. The van der Waals surface area contributed by atoms with Crippen LogP contribution in [0.2, 0.25) is 0 Å². The van der Waals surface area contributed by atoms with Crippen LogP contribution in [0, 0.1) is 0 Å². The molecule has 21 heavy (non-hydrogen) atoms. The predicted octanol–water partition coefficient (Wildman–Crippen LogP) is 1.74. The van der Waals surface area contributed by atoms with E-state index in [1.54, 1.807) is 0 Å². The minimum atomic E-state index is -0.106. The van der Waals surface area contributed by atoms with Gasteiger partial charge in [-0.1, -0.05) is 0 Å². The largest absolute Gasteiger partial charge is 0.379 e. The van der Waals surface area contributed by atoms with E-state index in [2.05, 4.69) is 51.3 Å². The first-order valence-electron chi connectivity index (χ1n) is 7.71. The van der Waals surface area contributed by atoms with Crippen molar-refractivity contribution in [3.63, 3.8) is 0 Å². The van der Waals surface area contributed by atoms with Crippen molar-refractivity contribution in [3.8, 4) is 0 Å². The molecule has 1 aromatic heterocycles. The van der Waals surface area contributed by atoms with Crippen LogP contribution in [0.3, 0.4) is 0 Å². The number of rotatable bonds is 7. The molecule has 2 rings (SSSR count). The van der Waals surface area contributed by atoms with Crippen LogP contribution in [0.1, 0.15) is 34.1 Å². The lowest BCUT2D eigenvalue weighted by molar-refractivity contribution is 0.185. The van der Waals surface area contributed by atoms with E-state index in [9.17, 15) is 0 Å². The van der Waals surface area contributed by atoms with Gasteiger partial charge < -0.3 is 20.3 Å². The topological polar surface area (TPSA) is 75.2 Å². The summed E-state index contributed by atoms with van der Waals surface area (Å²) in [7, 11) is 0. The Hall–Kier alpha value is -1.63. The Morgan fingerprint density at radius 3 is 2.43 bits per heavy atom. The predicted molar refractivity (Wildman–Crippen MR) is 85.0 cm³/mol. The highest BCUT2D eigenvalue weighted by atomic mass is 16.5. The molecule has 1 aromatic rings. The van der Waals surface area contributed by atoms with Crippen LogP contribution >= 0.6 is 0 Å². The lowest BCUT2D eigenvalue weighted by Crippen LogP contribution is -2.36. The van der Waals surface area contributed by atoms with Crippen molar-refractivity contribution in [2.24, 2.45) is 0 Å². The van der Waals surface area contributed by atoms with Gasteiger partial charge in [-0.25, -0.2) is 0 Å². The molecule has 2 N–H and O–H groups in total. The molecule has 1 saturated heterocycles. The Balaban J connectivity index is 2.26. The summed E-state index contributed by atoms with van der Waals surface area (Å²) in [5.41, 5.74) is -0.106. The van der Waals surface area contributed by atoms with Crippen LogP contribution in [0.25, 0.3) is 0 Å². The van der Waals surface area contributed by atoms with Crippen molar-refractivity contribution in [2.75, 3.05) is 48.4 Å². The molecular weight excluding hydrogens is 268 g/mol. The highest BCUT2D eigenvalue weighted by molar-refractivity contribution is 5.45. The summed E-state index contributed by atoms with van der Waals surface area (Å²) >= 11 is 0. The van der Waals surface area contributed by atoms with E-state index in [0.29, 0.717) is 24.5 Å². The molecule has 1 atom stereocenters. The lowest BCUT2D eigenvalue weighted by Gasteiger charge is -2.25. The van der Waals surface area contributed by atoms with Crippen molar-refractivity contribution < 1.29 is 4.74 Å². The first-order valence-corrected chi connectivity index (χ1v) is 7.71. The van der Waals surface area contributed by atoms with E-state index >= 15 is 0 Å². The highest BCUT2D eigenvalue weighted by Gasteiger charge is 2.30. The summed E-state index contributed by atoms with van der Waals surface area (Å²) in [6, 6.07) is 0. The first kappa shape index (κ1) is 15.8. The second kappa shape index (κ2) is 6.89. The fourth-order valence-electron chi connectivity index (χ4n) is 2.34. The van der Waals surface area contributed by atoms with Gasteiger partial charge in [0.1, 0.15) is 0 Å². The van der Waals surface area contributed by atoms with Gasteiger partial charge in [0, 0.05) is 26.2 Å². The Kier molecular flexibility index (Phi) is 5.17.